The molecule has 26 heavy (non-hydrogen) atoms. The first-order valence-corrected chi connectivity index (χ1v) is 8.20. The molecule has 4 aromatic rings. The maximum Gasteiger partial charge on any atom is 0.335 e. The zero-order valence-corrected chi connectivity index (χ0v) is 14.1. The van der Waals surface area contributed by atoms with Gasteiger partial charge in [0.2, 0.25) is 0 Å². The number of H-pyrrole nitrogens is 1. The van der Waals surface area contributed by atoms with E-state index in [9.17, 15) is 9.70 Å². The number of carbonyl (C=O) groups is 1. The molecule has 0 bridgehead atoms. The third kappa shape index (κ3) is 2.69. The zero-order chi connectivity index (χ0) is 18.1. The van der Waals surface area contributed by atoms with E-state index < -0.39 is 5.91 Å². The minimum absolute atomic E-state index is 0.104. The van der Waals surface area contributed by atoms with E-state index in [1.165, 1.54) is 0 Å². The minimum atomic E-state index is -0.862. The maximum atomic E-state index is 12.0. The van der Waals surface area contributed by atoms with Gasteiger partial charge in [0.25, 0.3) is 0 Å². The Balaban J connectivity index is 1.94. The number of nitrogens with zero attached hydrogens (tertiary/aromatic N) is 2. The minimum Gasteiger partial charge on any atom is -0.333 e. The number of carbonyl (C=O) groups excluding carboxylic acids is 1. The highest BCUT2D eigenvalue weighted by atomic mass is 16.3. The van der Waals surface area contributed by atoms with E-state index in [2.05, 4.69) is 15.1 Å². The lowest BCUT2D eigenvalue weighted by molar-refractivity contribution is 0.0997. The quantitative estimate of drug-likeness (QED) is 0.526. The fourth-order valence-electron chi connectivity index (χ4n) is 3.05. The first-order valence-electron chi connectivity index (χ1n) is 8.20. The first-order chi connectivity index (χ1) is 12.7. The molecule has 126 valence electrons. The second-order valence-corrected chi connectivity index (χ2v) is 6.10. The maximum absolute atomic E-state index is 12.0. The van der Waals surface area contributed by atoms with E-state index in [0.717, 1.165) is 27.5 Å². The van der Waals surface area contributed by atoms with Gasteiger partial charge in [-0.2, -0.15) is 0 Å². The summed E-state index contributed by atoms with van der Waals surface area (Å²) < 4.78 is 0. The summed E-state index contributed by atoms with van der Waals surface area (Å²) in [6.07, 6.45) is 0. The average Bonchev–Trinajstić information content (AvgIpc) is 3.12. The van der Waals surface area contributed by atoms with Gasteiger partial charge in [0, 0.05) is 16.3 Å². The van der Waals surface area contributed by atoms with E-state index in [1.54, 1.807) is 0 Å². The standard InChI is InChI=1S/C21H15N3O2/c1-13-9-11-15(12-10-13)18-19(21(25)24-26)23-20(22-18)17-8-4-6-14-5-2-3-7-16(14)17/h2-12H,1H3,(H,22,23). The molecule has 5 nitrogen and oxygen atoms in total. The highest BCUT2D eigenvalue weighted by molar-refractivity contribution is 6.01. The molecule has 1 N–H and O–H groups in total. The monoisotopic (exact) mass is 341 g/mol. The van der Waals surface area contributed by atoms with Gasteiger partial charge in [0.05, 0.1) is 0 Å². The highest BCUT2D eigenvalue weighted by Crippen LogP contribution is 2.31. The summed E-state index contributed by atoms with van der Waals surface area (Å²) in [7, 11) is 0. The van der Waals surface area contributed by atoms with Crippen molar-refractivity contribution >= 4 is 16.7 Å². The van der Waals surface area contributed by atoms with Crippen molar-refractivity contribution in [1.29, 1.82) is 0 Å². The molecule has 4 rings (SSSR count). The van der Waals surface area contributed by atoms with E-state index in [0.29, 0.717) is 11.5 Å². The molecule has 0 saturated carbocycles. The molecule has 0 aliphatic carbocycles. The van der Waals surface area contributed by atoms with Crippen LogP contribution in [0.15, 0.2) is 71.9 Å². The van der Waals surface area contributed by atoms with Crippen molar-refractivity contribution in [2.24, 2.45) is 5.18 Å². The van der Waals surface area contributed by atoms with Gasteiger partial charge in [-0.1, -0.05) is 72.3 Å². The fraction of sp³-hybridized carbons (Fsp3) is 0.0476. The van der Waals surface area contributed by atoms with E-state index in [-0.39, 0.29) is 5.69 Å². The second kappa shape index (κ2) is 6.37. The van der Waals surface area contributed by atoms with Crippen molar-refractivity contribution in [3.05, 3.63) is 82.9 Å². The number of amides is 1. The first kappa shape index (κ1) is 15.9. The van der Waals surface area contributed by atoms with Gasteiger partial charge in [-0.05, 0) is 17.7 Å². The number of hydrogen-bond acceptors (Lipinski definition) is 3. The molecule has 0 spiro atoms. The molecular formula is C21H15N3O2. The van der Waals surface area contributed by atoms with Crippen LogP contribution in [0.2, 0.25) is 0 Å². The Kier molecular flexibility index (Phi) is 3.89. The summed E-state index contributed by atoms with van der Waals surface area (Å²) in [5.41, 5.74) is 3.25. The van der Waals surface area contributed by atoms with Crippen LogP contribution in [0.3, 0.4) is 0 Å². The van der Waals surface area contributed by atoms with Gasteiger partial charge in [-0.3, -0.25) is 4.79 Å². The third-order valence-corrected chi connectivity index (χ3v) is 4.37. The molecule has 1 amide bonds. The van der Waals surface area contributed by atoms with Gasteiger partial charge in [0.1, 0.15) is 17.2 Å². The number of rotatable bonds is 3. The summed E-state index contributed by atoms with van der Waals surface area (Å²) >= 11 is 0. The molecule has 0 aliphatic rings. The number of imidazole rings is 1. The second-order valence-electron chi connectivity index (χ2n) is 6.10. The number of hydrogen-bond donors (Lipinski definition) is 1. The zero-order valence-electron chi connectivity index (χ0n) is 14.1. The number of aryl methyl sites for hydroxylation is 1. The van der Waals surface area contributed by atoms with Crippen molar-refractivity contribution in [1.82, 2.24) is 9.97 Å². The number of nitrogens with one attached hydrogen (secondary N) is 1. The molecule has 1 heterocycles. The summed E-state index contributed by atoms with van der Waals surface area (Å²) in [6.45, 7) is 1.98. The number of aromatic nitrogens is 2. The van der Waals surface area contributed by atoms with E-state index >= 15 is 0 Å². The number of aromatic amines is 1. The lowest BCUT2D eigenvalue weighted by atomic mass is 10.0. The molecule has 0 atom stereocenters. The fourth-order valence-corrected chi connectivity index (χ4v) is 3.05. The number of fused-ring (bicyclic) bond motifs is 1. The largest absolute Gasteiger partial charge is 0.335 e. The van der Waals surface area contributed by atoms with E-state index in [4.69, 9.17) is 0 Å². The molecule has 0 fully saturated rings. The van der Waals surface area contributed by atoms with Crippen LogP contribution < -0.4 is 0 Å². The van der Waals surface area contributed by atoms with Crippen LogP contribution in [-0.2, 0) is 0 Å². The molecule has 0 radical (unpaired) electrons. The lowest BCUT2D eigenvalue weighted by Gasteiger charge is -2.03. The Morgan fingerprint density at radius 1 is 0.962 bits per heavy atom. The Morgan fingerprint density at radius 2 is 1.69 bits per heavy atom. The number of benzene rings is 3. The molecule has 3 aromatic carbocycles. The van der Waals surface area contributed by atoms with Crippen molar-refractivity contribution < 1.29 is 4.79 Å². The van der Waals surface area contributed by atoms with Crippen molar-refractivity contribution in [2.45, 2.75) is 6.92 Å². The highest BCUT2D eigenvalue weighted by Gasteiger charge is 2.20. The van der Waals surface area contributed by atoms with Gasteiger partial charge in [-0.15, -0.1) is 4.91 Å². The normalized spacial score (nSPS) is 10.8. The van der Waals surface area contributed by atoms with Crippen LogP contribution in [0.25, 0.3) is 33.4 Å². The predicted octanol–water partition coefficient (Wildman–Crippen LogP) is 5.11. The van der Waals surface area contributed by atoms with Gasteiger partial charge in [-0.25, -0.2) is 4.98 Å². The smallest absolute Gasteiger partial charge is 0.333 e. The SMILES string of the molecule is Cc1ccc(-c2nc(-c3cccc4ccccc34)[nH]c2C(=O)N=O)cc1. The number of nitroso groups, excluding NO2 is 1. The Bertz CT molecular complexity index is 1120. The summed E-state index contributed by atoms with van der Waals surface area (Å²) in [5, 5.41) is 4.65. The molecule has 5 heteroatoms. The Morgan fingerprint density at radius 3 is 2.46 bits per heavy atom. The Labute approximate surface area is 149 Å². The third-order valence-electron chi connectivity index (χ3n) is 4.37. The topological polar surface area (TPSA) is 75.2 Å². The molecule has 0 saturated heterocycles. The molecule has 0 unspecified atom stereocenters. The average molecular weight is 341 g/mol. The molecule has 1 aromatic heterocycles. The van der Waals surface area contributed by atoms with Crippen molar-refractivity contribution in [3.8, 4) is 22.6 Å². The van der Waals surface area contributed by atoms with Crippen LogP contribution >= 0.6 is 0 Å². The van der Waals surface area contributed by atoms with Crippen LogP contribution in [-0.4, -0.2) is 15.9 Å². The molecule has 0 aliphatic heterocycles. The van der Waals surface area contributed by atoms with Crippen LogP contribution in [0.5, 0.6) is 0 Å². The lowest BCUT2D eigenvalue weighted by Crippen LogP contribution is -1.97. The summed E-state index contributed by atoms with van der Waals surface area (Å²) in [4.78, 5) is 30.5. The Hall–Kier alpha value is -3.60. The summed E-state index contributed by atoms with van der Waals surface area (Å²) in [6, 6.07) is 21.4. The summed E-state index contributed by atoms with van der Waals surface area (Å²) in [5.74, 6) is -0.330. The van der Waals surface area contributed by atoms with Crippen LogP contribution in [0.4, 0.5) is 0 Å². The van der Waals surface area contributed by atoms with Crippen molar-refractivity contribution in [2.75, 3.05) is 0 Å². The van der Waals surface area contributed by atoms with Crippen molar-refractivity contribution in [3.63, 3.8) is 0 Å². The molecular weight excluding hydrogens is 326 g/mol. The van der Waals surface area contributed by atoms with Gasteiger partial charge < -0.3 is 4.98 Å². The van der Waals surface area contributed by atoms with Gasteiger partial charge >= 0.3 is 5.91 Å². The van der Waals surface area contributed by atoms with E-state index in [1.807, 2.05) is 73.7 Å². The van der Waals surface area contributed by atoms with Gasteiger partial charge in [0.15, 0.2) is 0 Å². The predicted molar refractivity (Wildman–Crippen MR) is 102 cm³/mol. The van der Waals surface area contributed by atoms with Crippen LogP contribution in [0, 0.1) is 11.8 Å². The van der Waals surface area contributed by atoms with Crippen LogP contribution in [0.1, 0.15) is 16.1 Å².